The van der Waals surface area contributed by atoms with Crippen LogP contribution in [0.4, 0.5) is 8.78 Å². The fourth-order valence-electron chi connectivity index (χ4n) is 1.51. The third kappa shape index (κ3) is 3.73. The first-order valence-electron chi connectivity index (χ1n) is 5.92. The number of hydrogen-bond acceptors (Lipinski definition) is 2. The van der Waals surface area contributed by atoms with Gasteiger partial charge in [0.2, 0.25) is 0 Å². The third-order valence-electron chi connectivity index (χ3n) is 3.18. The summed E-state index contributed by atoms with van der Waals surface area (Å²) in [5.41, 5.74) is 5.54. The van der Waals surface area contributed by atoms with E-state index in [1.165, 1.54) is 12.1 Å². The van der Waals surface area contributed by atoms with Crippen LogP contribution in [-0.2, 0) is 11.3 Å². The third-order valence-corrected chi connectivity index (χ3v) is 3.80. The lowest BCUT2D eigenvalue weighted by atomic mass is 9.96. The minimum atomic E-state index is -0.620. The number of halogens is 3. The van der Waals surface area contributed by atoms with Crippen molar-refractivity contribution in [2.45, 2.75) is 38.8 Å². The van der Waals surface area contributed by atoms with Crippen molar-refractivity contribution in [1.82, 2.24) is 0 Å². The minimum absolute atomic E-state index is 0.0704. The SMILES string of the molecule is CCC(N)(CC)COCc1c(F)ccc(Br)c1F. The standard InChI is InChI=1S/C13H18BrF2NO/c1-3-13(17,4-2)8-18-7-9-11(15)6-5-10(14)12(9)16/h5-6H,3-4,7-8,17H2,1-2H3. The lowest BCUT2D eigenvalue weighted by Crippen LogP contribution is -2.43. The van der Waals surface area contributed by atoms with Gasteiger partial charge in [-0.25, -0.2) is 8.78 Å². The van der Waals surface area contributed by atoms with Crippen LogP contribution in [0.2, 0.25) is 0 Å². The first kappa shape index (κ1) is 15.5. The van der Waals surface area contributed by atoms with Crippen molar-refractivity contribution in [3.05, 3.63) is 33.8 Å². The molecule has 0 aliphatic rings. The van der Waals surface area contributed by atoms with Gasteiger partial charge in [0.05, 0.1) is 23.2 Å². The molecule has 0 bridgehead atoms. The number of hydrogen-bond donors (Lipinski definition) is 1. The summed E-state index contributed by atoms with van der Waals surface area (Å²) >= 11 is 3.02. The van der Waals surface area contributed by atoms with E-state index in [1.807, 2.05) is 13.8 Å². The summed E-state index contributed by atoms with van der Waals surface area (Å²) in [7, 11) is 0. The molecule has 1 rings (SSSR count). The van der Waals surface area contributed by atoms with Crippen molar-refractivity contribution < 1.29 is 13.5 Å². The Morgan fingerprint density at radius 3 is 2.44 bits per heavy atom. The molecule has 0 heterocycles. The Labute approximate surface area is 115 Å². The number of ether oxygens (including phenoxy) is 1. The largest absolute Gasteiger partial charge is 0.375 e. The molecule has 0 radical (unpaired) electrons. The van der Waals surface area contributed by atoms with E-state index in [4.69, 9.17) is 10.5 Å². The van der Waals surface area contributed by atoms with Crippen molar-refractivity contribution in [2.24, 2.45) is 5.73 Å². The van der Waals surface area contributed by atoms with E-state index in [0.717, 1.165) is 12.8 Å². The van der Waals surface area contributed by atoms with Crippen molar-refractivity contribution >= 4 is 15.9 Å². The summed E-state index contributed by atoms with van der Waals surface area (Å²) in [6.45, 7) is 4.10. The quantitative estimate of drug-likeness (QED) is 0.810. The van der Waals surface area contributed by atoms with Gasteiger partial charge < -0.3 is 10.5 Å². The molecule has 0 saturated carbocycles. The Balaban J connectivity index is 2.67. The number of rotatable bonds is 6. The lowest BCUT2D eigenvalue weighted by Gasteiger charge is -2.26. The Bertz CT molecular complexity index is 408. The topological polar surface area (TPSA) is 35.2 Å². The molecule has 0 fully saturated rings. The maximum Gasteiger partial charge on any atom is 0.145 e. The molecule has 1 aromatic carbocycles. The fraction of sp³-hybridized carbons (Fsp3) is 0.538. The number of nitrogens with two attached hydrogens (primary N) is 1. The van der Waals surface area contributed by atoms with Crippen LogP contribution in [0.15, 0.2) is 16.6 Å². The predicted octanol–water partition coefficient (Wildman–Crippen LogP) is 3.76. The van der Waals surface area contributed by atoms with Crippen molar-refractivity contribution in [2.75, 3.05) is 6.61 Å². The fourth-order valence-corrected chi connectivity index (χ4v) is 1.88. The molecule has 0 aliphatic heterocycles. The first-order valence-corrected chi connectivity index (χ1v) is 6.72. The monoisotopic (exact) mass is 321 g/mol. The molecule has 0 atom stereocenters. The molecule has 2 nitrogen and oxygen atoms in total. The van der Waals surface area contributed by atoms with E-state index in [-0.39, 0.29) is 23.2 Å². The van der Waals surface area contributed by atoms with Gasteiger partial charge in [0, 0.05) is 5.54 Å². The van der Waals surface area contributed by atoms with Gasteiger partial charge in [0.25, 0.3) is 0 Å². The van der Waals surface area contributed by atoms with Crippen LogP contribution in [0.1, 0.15) is 32.3 Å². The van der Waals surface area contributed by atoms with Gasteiger partial charge in [-0.3, -0.25) is 0 Å². The van der Waals surface area contributed by atoms with E-state index < -0.39 is 17.2 Å². The van der Waals surface area contributed by atoms with E-state index in [0.29, 0.717) is 0 Å². The molecule has 0 saturated heterocycles. The van der Waals surface area contributed by atoms with Crippen LogP contribution in [-0.4, -0.2) is 12.1 Å². The van der Waals surface area contributed by atoms with E-state index in [2.05, 4.69) is 15.9 Å². The molecule has 0 aromatic heterocycles. The van der Waals surface area contributed by atoms with Gasteiger partial charge >= 0.3 is 0 Å². The van der Waals surface area contributed by atoms with E-state index >= 15 is 0 Å². The zero-order valence-electron chi connectivity index (χ0n) is 10.6. The van der Waals surface area contributed by atoms with Crippen LogP contribution in [0.25, 0.3) is 0 Å². The van der Waals surface area contributed by atoms with Crippen LogP contribution in [0.5, 0.6) is 0 Å². The smallest absolute Gasteiger partial charge is 0.145 e. The van der Waals surface area contributed by atoms with Crippen LogP contribution in [0, 0.1) is 11.6 Å². The van der Waals surface area contributed by atoms with Crippen molar-refractivity contribution in [1.29, 1.82) is 0 Å². The zero-order chi connectivity index (χ0) is 13.8. The number of benzene rings is 1. The normalized spacial score (nSPS) is 11.9. The van der Waals surface area contributed by atoms with E-state index in [9.17, 15) is 8.78 Å². The molecular weight excluding hydrogens is 304 g/mol. The molecule has 2 N–H and O–H groups in total. The molecule has 0 unspecified atom stereocenters. The predicted molar refractivity (Wildman–Crippen MR) is 71.2 cm³/mol. The highest BCUT2D eigenvalue weighted by molar-refractivity contribution is 9.10. The minimum Gasteiger partial charge on any atom is -0.375 e. The van der Waals surface area contributed by atoms with Gasteiger partial charge in [0.15, 0.2) is 0 Å². The summed E-state index contributed by atoms with van der Waals surface area (Å²) in [4.78, 5) is 0. The second-order valence-electron chi connectivity index (χ2n) is 4.38. The molecular formula is C13H18BrF2NO. The molecule has 0 amide bonds. The van der Waals surface area contributed by atoms with Crippen LogP contribution < -0.4 is 5.73 Å². The molecule has 5 heteroatoms. The van der Waals surface area contributed by atoms with Gasteiger partial charge in [-0.1, -0.05) is 13.8 Å². The molecule has 102 valence electrons. The average molecular weight is 322 g/mol. The van der Waals surface area contributed by atoms with Crippen LogP contribution in [0.3, 0.4) is 0 Å². The average Bonchev–Trinajstić information content (AvgIpc) is 2.38. The summed E-state index contributed by atoms with van der Waals surface area (Å²) in [5, 5.41) is 0. The lowest BCUT2D eigenvalue weighted by molar-refractivity contribution is 0.0662. The summed E-state index contributed by atoms with van der Waals surface area (Å²) in [5.74, 6) is -1.23. The van der Waals surface area contributed by atoms with E-state index in [1.54, 1.807) is 0 Å². The molecule has 18 heavy (non-hydrogen) atoms. The van der Waals surface area contributed by atoms with Crippen molar-refractivity contribution in [3.8, 4) is 0 Å². The Morgan fingerprint density at radius 1 is 1.28 bits per heavy atom. The maximum atomic E-state index is 13.6. The summed E-state index contributed by atoms with van der Waals surface area (Å²) in [6.07, 6.45) is 1.51. The highest BCUT2D eigenvalue weighted by Crippen LogP contribution is 2.22. The van der Waals surface area contributed by atoms with Gasteiger partial charge in [-0.15, -0.1) is 0 Å². The Hall–Kier alpha value is -0.520. The van der Waals surface area contributed by atoms with Crippen LogP contribution >= 0.6 is 15.9 Å². The summed E-state index contributed by atoms with van der Waals surface area (Å²) in [6, 6.07) is 2.54. The Morgan fingerprint density at radius 2 is 1.89 bits per heavy atom. The maximum absolute atomic E-state index is 13.6. The molecule has 0 aliphatic carbocycles. The van der Waals surface area contributed by atoms with Crippen molar-refractivity contribution in [3.63, 3.8) is 0 Å². The highest BCUT2D eigenvalue weighted by atomic mass is 79.9. The zero-order valence-corrected chi connectivity index (χ0v) is 12.2. The van der Waals surface area contributed by atoms with Gasteiger partial charge in [-0.2, -0.15) is 0 Å². The molecule has 0 spiro atoms. The Kier molecular flexibility index (Phi) is 5.69. The second kappa shape index (κ2) is 6.59. The van der Waals surface area contributed by atoms with Gasteiger partial charge in [-0.05, 0) is 40.9 Å². The summed E-state index contributed by atoms with van der Waals surface area (Å²) < 4.78 is 32.7. The highest BCUT2D eigenvalue weighted by Gasteiger charge is 2.21. The molecule has 1 aromatic rings. The van der Waals surface area contributed by atoms with Gasteiger partial charge in [0.1, 0.15) is 11.6 Å². The second-order valence-corrected chi connectivity index (χ2v) is 5.24. The first-order chi connectivity index (χ1) is 8.43.